The topological polar surface area (TPSA) is 157 Å². The molecule has 1 amide bonds. The maximum absolute atomic E-state index is 11.6. The van der Waals surface area contributed by atoms with Crippen LogP contribution in [-0.4, -0.2) is 33.7 Å². The van der Waals surface area contributed by atoms with Crippen LogP contribution in [0.4, 0.5) is 11.4 Å². The van der Waals surface area contributed by atoms with E-state index in [9.17, 15) is 30.1 Å². The molecule has 2 rings (SSSR count). The highest BCUT2D eigenvalue weighted by atomic mass is 16.6. The van der Waals surface area contributed by atoms with Gasteiger partial charge in [-0.3, -0.25) is 25.0 Å². The molecule has 0 aliphatic carbocycles. The molecule has 2 aromatic carbocycles. The van der Waals surface area contributed by atoms with Gasteiger partial charge in [0.1, 0.15) is 0 Å². The minimum atomic E-state index is -0.738. The molecule has 0 spiro atoms. The summed E-state index contributed by atoms with van der Waals surface area (Å²) in [6.07, 6.45) is 1.16. The van der Waals surface area contributed by atoms with Crippen molar-refractivity contribution in [2.75, 3.05) is 6.61 Å². The quantitative estimate of drug-likeness (QED) is 0.432. The molecule has 0 aromatic heterocycles. The molecule has 0 aliphatic heterocycles. The van der Waals surface area contributed by atoms with Gasteiger partial charge in [-0.15, -0.1) is 0 Å². The first kappa shape index (κ1) is 18.3. The molecule has 2 aromatic rings. The van der Waals surface area contributed by atoms with E-state index in [0.29, 0.717) is 5.56 Å². The van der Waals surface area contributed by atoms with Crippen molar-refractivity contribution >= 4 is 23.5 Å². The number of hydrogen-bond acceptors (Lipinski definition) is 8. The lowest BCUT2D eigenvalue weighted by Crippen LogP contribution is -2.24. The minimum Gasteiger partial charge on any atom is -0.502 e. The predicted octanol–water partition coefficient (Wildman–Crippen LogP) is 1.74. The number of para-hydroxylation sites is 2. The summed E-state index contributed by atoms with van der Waals surface area (Å²) in [6.45, 7) is -0.506. The summed E-state index contributed by atoms with van der Waals surface area (Å²) in [5, 5.41) is 34.5. The van der Waals surface area contributed by atoms with Crippen LogP contribution >= 0.6 is 0 Å². The standard InChI is InChI=1S/C15H12N4O7/c20-13-7-10(5-6-11(13)18(22)23)8-16-17-15(21)9-26-14-4-2-1-3-12(14)19(24)25/h1-8,20H,9H2,(H,17,21)/b16-8+. The Kier molecular flexibility index (Phi) is 5.77. The molecule has 11 nitrogen and oxygen atoms in total. The monoisotopic (exact) mass is 360 g/mol. The summed E-state index contributed by atoms with van der Waals surface area (Å²) in [5.41, 5.74) is 1.71. The fraction of sp³-hybridized carbons (Fsp3) is 0.0667. The summed E-state index contributed by atoms with van der Waals surface area (Å²) in [5.74, 6) is -1.27. The van der Waals surface area contributed by atoms with Gasteiger partial charge in [0.25, 0.3) is 5.91 Å². The number of benzene rings is 2. The third-order valence-electron chi connectivity index (χ3n) is 3.02. The first-order valence-electron chi connectivity index (χ1n) is 7.04. The Bertz CT molecular complexity index is 882. The number of nitro benzene ring substituents is 2. The maximum Gasteiger partial charge on any atom is 0.310 e. The molecule has 0 aliphatic rings. The molecule has 0 atom stereocenters. The van der Waals surface area contributed by atoms with Crippen molar-refractivity contribution in [2.45, 2.75) is 0 Å². The van der Waals surface area contributed by atoms with Gasteiger partial charge in [0.05, 0.1) is 16.1 Å². The van der Waals surface area contributed by atoms with Crippen molar-refractivity contribution in [1.29, 1.82) is 0 Å². The second-order valence-electron chi connectivity index (χ2n) is 4.81. The van der Waals surface area contributed by atoms with Crippen molar-refractivity contribution in [2.24, 2.45) is 5.10 Å². The first-order valence-corrected chi connectivity index (χ1v) is 7.04. The first-order chi connectivity index (χ1) is 12.4. The van der Waals surface area contributed by atoms with Crippen LogP contribution in [0.5, 0.6) is 11.5 Å². The van der Waals surface area contributed by atoms with Gasteiger partial charge in [-0.2, -0.15) is 5.10 Å². The number of carbonyl (C=O) groups is 1. The summed E-state index contributed by atoms with van der Waals surface area (Å²) in [7, 11) is 0. The lowest BCUT2D eigenvalue weighted by molar-refractivity contribution is -0.386. The van der Waals surface area contributed by atoms with E-state index in [2.05, 4.69) is 10.5 Å². The highest BCUT2D eigenvalue weighted by Gasteiger charge is 2.15. The predicted molar refractivity (Wildman–Crippen MR) is 89.1 cm³/mol. The second kappa shape index (κ2) is 8.19. The van der Waals surface area contributed by atoms with E-state index < -0.39 is 33.8 Å². The van der Waals surface area contributed by atoms with Crippen LogP contribution in [0.15, 0.2) is 47.6 Å². The fourth-order valence-electron chi connectivity index (χ4n) is 1.86. The fourth-order valence-corrected chi connectivity index (χ4v) is 1.86. The van der Waals surface area contributed by atoms with Gasteiger partial charge in [0.15, 0.2) is 18.1 Å². The Morgan fingerprint density at radius 1 is 1.15 bits per heavy atom. The smallest absolute Gasteiger partial charge is 0.310 e. The van der Waals surface area contributed by atoms with Crippen LogP contribution in [0.2, 0.25) is 0 Å². The van der Waals surface area contributed by atoms with E-state index in [1.165, 1.54) is 30.3 Å². The lowest BCUT2D eigenvalue weighted by Gasteiger charge is -2.05. The molecule has 0 bridgehead atoms. The van der Waals surface area contributed by atoms with E-state index >= 15 is 0 Å². The number of hydrogen-bond donors (Lipinski definition) is 2. The minimum absolute atomic E-state index is 0.0584. The molecular formula is C15H12N4O7. The Labute approximate surface area is 145 Å². The van der Waals surface area contributed by atoms with Gasteiger partial charge in [-0.05, 0) is 23.8 Å². The number of aromatic hydroxyl groups is 1. The molecular weight excluding hydrogens is 348 g/mol. The zero-order chi connectivity index (χ0) is 19.1. The highest BCUT2D eigenvalue weighted by Crippen LogP contribution is 2.26. The number of nitrogens with one attached hydrogen (secondary N) is 1. The zero-order valence-electron chi connectivity index (χ0n) is 13.1. The van der Waals surface area contributed by atoms with Gasteiger partial charge < -0.3 is 9.84 Å². The Morgan fingerprint density at radius 2 is 1.85 bits per heavy atom. The molecule has 26 heavy (non-hydrogen) atoms. The van der Waals surface area contributed by atoms with E-state index in [4.69, 9.17) is 4.74 Å². The number of carbonyl (C=O) groups excluding carboxylic acids is 1. The van der Waals surface area contributed by atoms with Crippen LogP contribution < -0.4 is 10.2 Å². The number of hydrazone groups is 1. The van der Waals surface area contributed by atoms with Gasteiger partial charge in [0.2, 0.25) is 0 Å². The molecule has 0 fully saturated rings. The van der Waals surface area contributed by atoms with Crippen molar-refractivity contribution in [1.82, 2.24) is 5.43 Å². The van der Waals surface area contributed by atoms with Gasteiger partial charge in [-0.1, -0.05) is 12.1 Å². The summed E-state index contributed by atoms with van der Waals surface area (Å²) < 4.78 is 5.08. The molecule has 0 radical (unpaired) electrons. The SMILES string of the molecule is O=C(COc1ccccc1[N+](=O)[O-])N/N=C/c1ccc([N+](=O)[O-])c(O)c1. The molecule has 134 valence electrons. The molecule has 0 saturated heterocycles. The van der Waals surface area contributed by atoms with Gasteiger partial charge >= 0.3 is 11.4 Å². The van der Waals surface area contributed by atoms with Crippen LogP contribution in [0, 0.1) is 20.2 Å². The number of rotatable bonds is 7. The molecule has 0 saturated carbocycles. The number of phenols is 1. The van der Waals surface area contributed by atoms with Crippen LogP contribution in [0.25, 0.3) is 0 Å². The summed E-state index contributed by atoms with van der Waals surface area (Å²) in [6, 6.07) is 9.13. The van der Waals surface area contributed by atoms with Crippen molar-refractivity contribution in [3.63, 3.8) is 0 Å². The third-order valence-corrected chi connectivity index (χ3v) is 3.02. The second-order valence-corrected chi connectivity index (χ2v) is 4.81. The maximum atomic E-state index is 11.6. The number of amides is 1. The van der Waals surface area contributed by atoms with E-state index in [-0.39, 0.29) is 11.4 Å². The molecule has 2 N–H and O–H groups in total. The average Bonchev–Trinajstić information content (AvgIpc) is 2.60. The largest absolute Gasteiger partial charge is 0.502 e. The Hall–Kier alpha value is -4.02. The highest BCUT2D eigenvalue weighted by molar-refractivity contribution is 5.84. The van der Waals surface area contributed by atoms with Crippen molar-refractivity contribution in [3.05, 3.63) is 68.3 Å². The molecule has 11 heteroatoms. The zero-order valence-corrected chi connectivity index (χ0v) is 13.1. The molecule has 0 unspecified atom stereocenters. The Morgan fingerprint density at radius 3 is 2.50 bits per heavy atom. The lowest BCUT2D eigenvalue weighted by atomic mass is 10.2. The van der Waals surface area contributed by atoms with E-state index in [0.717, 1.165) is 18.3 Å². The van der Waals surface area contributed by atoms with Crippen LogP contribution in [0.1, 0.15) is 5.56 Å². The number of nitrogens with zero attached hydrogens (tertiary/aromatic N) is 3. The van der Waals surface area contributed by atoms with Crippen molar-refractivity contribution < 1.29 is 24.5 Å². The number of ether oxygens (including phenoxy) is 1. The van der Waals surface area contributed by atoms with Crippen LogP contribution in [0.3, 0.4) is 0 Å². The third kappa shape index (κ3) is 4.74. The van der Waals surface area contributed by atoms with E-state index in [1.807, 2.05) is 0 Å². The summed E-state index contributed by atoms with van der Waals surface area (Å²) >= 11 is 0. The number of phenolic OH excluding ortho intramolecular Hbond substituents is 1. The Balaban J connectivity index is 1.91. The van der Waals surface area contributed by atoms with Crippen molar-refractivity contribution in [3.8, 4) is 11.5 Å². The van der Waals surface area contributed by atoms with Gasteiger partial charge in [0, 0.05) is 12.1 Å². The van der Waals surface area contributed by atoms with E-state index in [1.54, 1.807) is 0 Å². The average molecular weight is 360 g/mol. The normalized spacial score (nSPS) is 10.5. The molecule has 0 heterocycles. The van der Waals surface area contributed by atoms with Gasteiger partial charge in [-0.25, -0.2) is 5.43 Å². The number of nitro groups is 2. The summed E-state index contributed by atoms with van der Waals surface area (Å²) in [4.78, 5) is 31.7. The van der Waals surface area contributed by atoms with Crippen LogP contribution in [-0.2, 0) is 4.79 Å².